The van der Waals surface area contributed by atoms with Crippen molar-refractivity contribution in [2.45, 2.75) is 45.8 Å². The van der Waals surface area contributed by atoms with Crippen molar-refractivity contribution in [3.05, 3.63) is 35.4 Å². The first kappa shape index (κ1) is 19.2. The van der Waals surface area contributed by atoms with Crippen LogP contribution in [0.5, 0.6) is 11.5 Å². The van der Waals surface area contributed by atoms with Crippen LogP contribution in [0.25, 0.3) is 0 Å². The van der Waals surface area contributed by atoms with Gasteiger partial charge in [0.05, 0.1) is 13.7 Å². The van der Waals surface area contributed by atoms with Crippen LogP contribution < -0.4 is 20.1 Å². The average molecular weight is 373 g/mol. The van der Waals surface area contributed by atoms with E-state index in [0.29, 0.717) is 24.1 Å². The molecular weight excluding hydrogens is 346 g/mol. The Kier molecular flexibility index (Phi) is 6.28. The number of amides is 1. The maximum atomic E-state index is 11.6. The lowest BCUT2D eigenvalue weighted by atomic mass is 10.1. The van der Waals surface area contributed by atoms with Crippen molar-refractivity contribution in [3.8, 4) is 11.5 Å². The molecule has 1 aliphatic heterocycles. The molecule has 0 saturated carbocycles. The van der Waals surface area contributed by atoms with Gasteiger partial charge in [-0.15, -0.1) is 0 Å². The number of nitrogens with zero attached hydrogens (tertiary/aromatic N) is 3. The minimum absolute atomic E-state index is 0.0243. The third kappa shape index (κ3) is 4.97. The molecule has 0 saturated heterocycles. The zero-order valence-corrected chi connectivity index (χ0v) is 16.1. The molecule has 0 radical (unpaired) electrons. The van der Waals surface area contributed by atoms with Gasteiger partial charge in [-0.1, -0.05) is 6.07 Å². The Morgan fingerprint density at radius 2 is 2.22 bits per heavy atom. The average Bonchev–Trinajstić information content (AvgIpc) is 3.04. The van der Waals surface area contributed by atoms with Crippen molar-refractivity contribution in [1.29, 1.82) is 0 Å². The van der Waals surface area contributed by atoms with Gasteiger partial charge in [-0.05, 0) is 38.0 Å². The fourth-order valence-electron chi connectivity index (χ4n) is 3.20. The van der Waals surface area contributed by atoms with Gasteiger partial charge in [0, 0.05) is 25.6 Å². The predicted octanol–water partition coefficient (Wildman–Crippen LogP) is 1.21. The van der Waals surface area contributed by atoms with Crippen molar-refractivity contribution in [2.24, 2.45) is 0 Å². The molecule has 1 aromatic carbocycles. The number of ether oxygens (including phenoxy) is 2. The summed E-state index contributed by atoms with van der Waals surface area (Å²) in [5.74, 6) is 2.94. The van der Waals surface area contributed by atoms with E-state index in [2.05, 4.69) is 20.7 Å². The summed E-state index contributed by atoms with van der Waals surface area (Å²) >= 11 is 0. The topological polar surface area (TPSA) is 90.3 Å². The molecular formula is C19H27N5O3. The first-order chi connectivity index (χ1) is 13.1. The summed E-state index contributed by atoms with van der Waals surface area (Å²) in [4.78, 5) is 16.0. The maximum absolute atomic E-state index is 11.6. The van der Waals surface area contributed by atoms with Gasteiger partial charge in [0.2, 0.25) is 0 Å². The van der Waals surface area contributed by atoms with Crippen LogP contribution in [0.2, 0.25) is 0 Å². The Hall–Kier alpha value is -2.61. The Labute approximate surface area is 159 Å². The number of hydrogen-bond donors (Lipinski definition) is 2. The zero-order valence-electron chi connectivity index (χ0n) is 16.1. The van der Waals surface area contributed by atoms with Crippen LogP contribution in [0.1, 0.15) is 30.6 Å². The molecule has 1 aromatic heterocycles. The van der Waals surface area contributed by atoms with Crippen LogP contribution in [0.15, 0.2) is 18.2 Å². The van der Waals surface area contributed by atoms with Gasteiger partial charge in [0.25, 0.3) is 5.91 Å². The van der Waals surface area contributed by atoms with Crippen LogP contribution in [-0.4, -0.2) is 47.0 Å². The van der Waals surface area contributed by atoms with E-state index >= 15 is 0 Å². The predicted molar refractivity (Wildman–Crippen MR) is 101 cm³/mol. The van der Waals surface area contributed by atoms with E-state index in [1.165, 1.54) is 0 Å². The fraction of sp³-hybridized carbons (Fsp3) is 0.526. The largest absolute Gasteiger partial charge is 0.493 e. The van der Waals surface area contributed by atoms with Crippen LogP contribution >= 0.6 is 0 Å². The van der Waals surface area contributed by atoms with E-state index < -0.39 is 0 Å². The fourth-order valence-corrected chi connectivity index (χ4v) is 3.20. The summed E-state index contributed by atoms with van der Waals surface area (Å²) < 4.78 is 13.0. The number of likely N-dealkylation sites (N-methyl/N-ethyl adjacent to an activating group) is 1. The SMILES string of the molecule is CCNC(=O)COc1ccc(CNC2CCc3nc(C)nn3C2)cc1OC. The van der Waals surface area contributed by atoms with Gasteiger partial charge in [-0.25, -0.2) is 9.67 Å². The standard InChI is InChI=1S/C19H27N5O3/c1-4-20-19(25)12-27-16-7-5-14(9-17(16)26-3)10-21-15-6-8-18-22-13(2)23-24(18)11-15/h5,7,9,15,21H,4,6,8,10-12H2,1-3H3,(H,20,25). The molecule has 8 nitrogen and oxygen atoms in total. The molecule has 1 amide bonds. The molecule has 146 valence electrons. The van der Waals surface area contributed by atoms with Crippen molar-refractivity contribution >= 4 is 5.91 Å². The van der Waals surface area contributed by atoms with E-state index in [1.807, 2.05) is 36.7 Å². The van der Waals surface area contributed by atoms with Crippen LogP contribution in [0, 0.1) is 6.92 Å². The number of rotatable bonds is 8. The van der Waals surface area contributed by atoms with Gasteiger partial charge < -0.3 is 20.1 Å². The summed E-state index contributed by atoms with van der Waals surface area (Å²) in [7, 11) is 1.60. The summed E-state index contributed by atoms with van der Waals surface area (Å²) in [6.07, 6.45) is 1.98. The number of aryl methyl sites for hydroxylation is 2. The number of aromatic nitrogens is 3. The minimum Gasteiger partial charge on any atom is -0.493 e. The number of hydrogen-bond acceptors (Lipinski definition) is 6. The first-order valence-corrected chi connectivity index (χ1v) is 9.29. The number of carbonyl (C=O) groups is 1. The third-order valence-electron chi connectivity index (χ3n) is 4.52. The van der Waals surface area contributed by atoms with Gasteiger partial charge in [-0.2, -0.15) is 5.10 Å². The van der Waals surface area contributed by atoms with Gasteiger partial charge >= 0.3 is 0 Å². The lowest BCUT2D eigenvalue weighted by Gasteiger charge is -2.23. The molecule has 0 fully saturated rings. The summed E-state index contributed by atoms with van der Waals surface area (Å²) in [6.45, 7) is 5.92. The monoisotopic (exact) mass is 373 g/mol. The highest BCUT2D eigenvalue weighted by Gasteiger charge is 2.20. The molecule has 1 atom stereocenters. The highest BCUT2D eigenvalue weighted by molar-refractivity contribution is 5.77. The van der Waals surface area contributed by atoms with Gasteiger partial charge in [0.1, 0.15) is 11.6 Å². The zero-order chi connectivity index (χ0) is 19.2. The van der Waals surface area contributed by atoms with E-state index in [9.17, 15) is 4.79 Å². The molecule has 8 heteroatoms. The Morgan fingerprint density at radius 1 is 1.37 bits per heavy atom. The highest BCUT2D eigenvalue weighted by atomic mass is 16.5. The Balaban J connectivity index is 1.55. The molecule has 2 heterocycles. The second-order valence-corrected chi connectivity index (χ2v) is 6.60. The second kappa shape index (κ2) is 8.85. The van der Waals surface area contributed by atoms with Crippen molar-refractivity contribution < 1.29 is 14.3 Å². The van der Waals surface area contributed by atoms with Crippen LogP contribution in [-0.2, 0) is 24.3 Å². The molecule has 0 bridgehead atoms. The normalized spacial score (nSPS) is 15.9. The van der Waals surface area contributed by atoms with Crippen molar-refractivity contribution in [1.82, 2.24) is 25.4 Å². The minimum atomic E-state index is -0.148. The maximum Gasteiger partial charge on any atom is 0.257 e. The Bertz CT molecular complexity index is 790. The smallest absolute Gasteiger partial charge is 0.257 e. The molecule has 2 N–H and O–H groups in total. The summed E-state index contributed by atoms with van der Waals surface area (Å²) in [6, 6.07) is 6.12. The van der Waals surface area contributed by atoms with Gasteiger partial charge in [-0.3, -0.25) is 4.79 Å². The van der Waals surface area contributed by atoms with Crippen molar-refractivity contribution in [2.75, 3.05) is 20.3 Å². The summed E-state index contributed by atoms with van der Waals surface area (Å²) in [5.41, 5.74) is 1.10. The molecule has 1 unspecified atom stereocenters. The molecule has 27 heavy (non-hydrogen) atoms. The number of nitrogens with one attached hydrogen (secondary N) is 2. The van der Waals surface area contributed by atoms with Crippen LogP contribution in [0.3, 0.4) is 0 Å². The molecule has 0 aliphatic carbocycles. The van der Waals surface area contributed by atoms with Gasteiger partial charge in [0.15, 0.2) is 18.1 Å². The quantitative estimate of drug-likeness (QED) is 0.723. The number of benzene rings is 1. The first-order valence-electron chi connectivity index (χ1n) is 9.29. The number of fused-ring (bicyclic) bond motifs is 1. The van der Waals surface area contributed by atoms with E-state index in [4.69, 9.17) is 9.47 Å². The molecule has 0 spiro atoms. The van der Waals surface area contributed by atoms with Crippen molar-refractivity contribution in [3.63, 3.8) is 0 Å². The molecule has 1 aliphatic rings. The highest BCUT2D eigenvalue weighted by Crippen LogP contribution is 2.28. The second-order valence-electron chi connectivity index (χ2n) is 6.60. The lowest BCUT2D eigenvalue weighted by Crippen LogP contribution is -2.37. The number of carbonyl (C=O) groups excluding carboxylic acids is 1. The summed E-state index contributed by atoms with van der Waals surface area (Å²) in [5, 5.41) is 10.7. The van der Waals surface area contributed by atoms with E-state index in [0.717, 1.165) is 43.1 Å². The van der Waals surface area contributed by atoms with E-state index in [-0.39, 0.29) is 12.5 Å². The van der Waals surface area contributed by atoms with Crippen LogP contribution in [0.4, 0.5) is 0 Å². The lowest BCUT2D eigenvalue weighted by molar-refractivity contribution is -0.123. The Morgan fingerprint density at radius 3 is 3.00 bits per heavy atom. The third-order valence-corrected chi connectivity index (χ3v) is 4.52. The van der Waals surface area contributed by atoms with E-state index in [1.54, 1.807) is 7.11 Å². The number of methoxy groups -OCH3 is 1. The molecule has 2 aromatic rings. The molecule has 3 rings (SSSR count).